The van der Waals surface area contributed by atoms with Gasteiger partial charge in [-0.15, -0.1) is 0 Å². The van der Waals surface area contributed by atoms with E-state index in [1.807, 2.05) is 6.07 Å². The number of benzene rings is 1. The van der Waals surface area contributed by atoms with Gasteiger partial charge in [-0.2, -0.15) is 0 Å². The molecule has 0 saturated carbocycles. The van der Waals surface area contributed by atoms with Crippen molar-refractivity contribution in [3.05, 3.63) is 34.9 Å². The second kappa shape index (κ2) is 7.37. The highest BCUT2D eigenvalue weighted by Gasteiger charge is 2.25. The fraction of sp³-hybridized carbons (Fsp3) is 0.647. The summed E-state index contributed by atoms with van der Waals surface area (Å²) in [6.07, 6.45) is -0.351. The van der Waals surface area contributed by atoms with Gasteiger partial charge in [0.05, 0.1) is 12.7 Å². The summed E-state index contributed by atoms with van der Waals surface area (Å²) in [4.78, 5) is 17.5. The molecule has 22 heavy (non-hydrogen) atoms. The normalized spacial score (nSPS) is 14.5. The van der Waals surface area contributed by atoms with E-state index in [-0.39, 0.29) is 17.4 Å². The van der Waals surface area contributed by atoms with Crippen molar-refractivity contribution in [1.82, 2.24) is 0 Å². The molecule has 4 nitrogen and oxygen atoms in total. The molecule has 0 saturated heterocycles. The van der Waals surface area contributed by atoms with E-state index in [1.54, 1.807) is 0 Å². The van der Waals surface area contributed by atoms with Gasteiger partial charge in [0.25, 0.3) is 0 Å². The molecular formula is C17H29O4P. The van der Waals surface area contributed by atoms with Gasteiger partial charge < -0.3 is 19.4 Å². The van der Waals surface area contributed by atoms with E-state index in [2.05, 4.69) is 53.7 Å². The first-order valence-electron chi connectivity index (χ1n) is 7.56. The fourth-order valence-corrected chi connectivity index (χ4v) is 2.63. The van der Waals surface area contributed by atoms with E-state index in [0.717, 1.165) is 11.1 Å². The lowest BCUT2D eigenvalue weighted by molar-refractivity contribution is 0.133. The summed E-state index contributed by atoms with van der Waals surface area (Å²) in [5.74, 6) is 0. The average molecular weight is 328 g/mol. The van der Waals surface area contributed by atoms with Crippen molar-refractivity contribution in [1.29, 1.82) is 0 Å². The summed E-state index contributed by atoms with van der Waals surface area (Å²) >= 11 is 0. The van der Waals surface area contributed by atoms with Crippen LogP contribution in [-0.2, 0) is 15.4 Å². The van der Waals surface area contributed by atoms with Crippen LogP contribution >= 0.6 is 8.60 Å². The van der Waals surface area contributed by atoms with Crippen LogP contribution in [0.5, 0.6) is 0 Å². The Morgan fingerprint density at radius 1 is 1.05 bits per heavy atom. The van der Waals surface area contributed by atoms with E-state index in [4.69, 9.17) is 14.3 Å². The maximum atomic E-state index is 10.4. The monoisotopic (exact) mass is 328 g/mol. The molecule has 0 bridgehead atoms. The molecule has 5 heteroatoms. The Morgan fingerprint density at radius 2 is 1.64 bits per heavy atom. The third-order valence-electron chi connectivity index (χ3n) is 3.68. The molecule has 0 aliphatic carbocycles. The summed E-state index contributed by atoms with van der Waals surface area (Å²) in [7, 11) is -2.36. The second-order valence-corrected chi connectivity index (χ2v) is 8.46. The summed E-state index contributed by atoms with van der Waals surface area (Å²) in [5, 5.41) is 10.4. The van der Waals surface area contributed by atoms with Gasteiger partial charge in [0.15, 0.2) is 0 Å². The number of aliphatic hydroxyl groups is 1. The zero-order chi connectivity index (χ0) is 17.1. The first-order chi connectivity index (χ1) is 9.93. The molecule has 0 fully saturated rings. The molecule has 0 radical (unpaired) electrons. The summed E-state index contributed by atoms with van der Waals surface area (Å²) in [5.41, 5.74) is 3.20. The SMILES string of the molecule is CC(C)(C)c1ccc(C(O)CCOP(O)O)c(C(C)(C)C)c1. The van der Waals surface area contributed by atoms with Crippen molar-refractivity contribution in [3.63, 3.8) is 0 Å². The van der Waals surface area contributed by atoms with Crippen molar-refractivity contribution in [2.24, 2.45) is 0 Å². The Bertz CT molecular complexity index is 486. The van der Waals surface area contributed by atoms with Crippen molar-refractivity contribution >= 4 is 8.60 Å². The molecule has 0 heterocycles. The number of hydrogen-bond donors (Lipinski definition) is 3. The molecule has 3 N–H and O–H groups in total. The number of hydrogen-bond acceptors (Lipinski definition) is 4. The number of aliphatic hydroxyl groups excluding tert-OH is 1. The molecule has 1 aromatic carbocycles. The summed E-state index contributed by atoms with van der Waals surface area (Å²) in [6.45, 7) is 13.0. The topological polar surface area (TPSA) is 69.9 Å². The Morgan fingerprint density at radius 3 is 2.09 bits per heavy atom. The summed E-state index contributed by atoms with van der Waals surface area (Å²) < 4.78 is 4.75. The predicted octanol–water partition coefficient (Wildman–Crippen LogP) is 3.93. The lowest BCUT2D eigenvalue weighted by Gasteiger charge is -2.29. The van der Waals surface area contributed by atoms with Gasteiger partial charge in [0.1, 0.15) is 0 Å². The molecular weight excluding hydrogens is 299 g/mol. The van der Waals surface area contributed by atoms with E-state index in [9.17, 15) is 5.11 Å². The van der Waals surface area contributed by atoms with Crippen molar-refractivity contribution in [2.75, 3.05) is 6.61 Å². The van der Waals surface area contributed by atoms with E-state index in [0.29, 0.717) is 6.42 Å². The highest BCUT2D eigenvalue weighted by Crippen LogP contribution is 2.35. The zero-order valence-electron chi connectivity index (χ0n) is 14.4. The van der Waals surface area contributed by atoms with Crippen LogP contribution in [0, 0.1) is 0 Å². The first-order valence-corrected chi connectivity index (χ1v) is 8.73. The first kappa shape index (κ1) is 19.5. The fourth-order valence-electron chi connectivity index (χ4n) is 2.36. The maximum absolute atomic E-state index is 10.4. The van der Waals surface area contributed by atoms with Crippen molar-refractivity contribution in [2.45, 2.75) is 64.9 Å². The van der Waals surface area contributed by atoms with Crippen LogP contribution in [0.1, 0.15) is 70.8 Å². The van der Waals surface area contributed by atoms with E-state index in [1.165, 1.54) is 5.56 Å². The molecule has 0 aromatic heterocycles. The minimum absolute atomic E-state index is 0.0518. The molecule has 1 atom stereocenters. The largest absolute Gasteiger partial charge is 0.388 e. The molecule has 0 spiro atoms. The lowest BCUT2D eigenvalue weighted by atomic mass is 9.77. The third kappa shape index (κ3) is 5.60. The zero-order valence-corrected chi connectivity index (χ0v) is 15.3. The van der Waals surface area contributed by atoms with Crippen LogP contribution in [0.3, 0.4) is 0 Å². The van der Waals surface area contributed by atoms with Crippen LogP contribution < -0.4 is 0 Å². The van der Waals surface area contributed by atoms with E-state index >= 15 is 0 Å². The molecule has 1 aromatic rings. The smallest absolute Gasteiger partial charge is 0.327 e. The average Bonchev–Trinajstić information content (AvgIpc) is 2.35. The second-order valence-electron chi connectivity index (χ2n) is 7.69. The Balaban J connectivity index is 3.08. The third-order valence-corrected chi connectivity index (χ3v) is 4.10. The van der Waals surface area contributed by atoms with Crippen LogP contribution in [0.4, 0.5) is 0 Å². The molecule has 0 amide bonds. The number of rotatable bonds is 5. The predicted molar refractivity (Wildman–Crippen MR) is 90.7 cm³/mol. The van der Waals surface area contributed by atoms with E-state index < -0.39 is 14.7 Å². The van der Waals surface area contributed by atoms with Gasteiger partial charge in [-0.1, -0.05) is 59.7 Å². The van der Waals surface area contributed by atoms with Gasteiger partial charge >= 0.3 is 8.60 Å². The molecule has 0 aliphatic heterocycles. The Labute approximate surface area is 135 Å². The molecule has 126 valence electrons. The van der Waals surface area contributed by atoms with Gasteiger partial charge in [-0.3, -0.25) is 0 Å². The van der Waals surface area contributed by atoms with Crippen LogP contribution in [0.2, 0.25) is 0 Å². The quantitative estimate of drug-likeness (QED) is 0.716. The van der Waals surface area contributed by atoms with Crippen LogP contribution in [0.25, 0.3) is 0 Å². The van der Waals surface area contributed by atoms with Gasteiger partial charge in [-0.25, -0.2) is 0 Å². The van der Waals surface area contributed by atoms with Crippen molar-refractivity contribution < 1.29 is 19.4 Å². The molecule has 1 unspecified atom stereocenters. The molecule has 1 rings (SSSR count). The van der Waals surface area contributed by atoms with Crippen molar-refractivity contribution in [3.8, 4) is 0 Å². The van der Waals surface area contributed by atoms with Gasteiger partial charge in [-0.05, 0) is 27.5 Å². The Hall–Kier alpha value is -0.510. The summed E-state index contributed by atoms with van der Waals surface area (Å²) in [6, 6.07) is 6.20. The van der Waals surface area contributed by atoms with Crippen LogP contribution in [-0.4, -0.2) is 21.5 Å². The standard InChI is InChI=1S/C17H29O4P/c1-16(2,3)12-7-8-13(14(11-12)17(4,5)6)15(18)9-10-21-22(19)20/h7-8,11,15,18-20H,9-10H2,1-6H3. The lowest BCUT2D eigenvalue weighted by Crippen LogP contribution is -2.20. The minimum atomic E-state index is -2.36. The maximum Gasteiger partial charge on any atom is 0.327 e. The highest BCUT2D eigenvalue weighted by atomic mass is 31.2. The van der Waals surface area contributed by atoms with Crippen LogP contribution in [0.15, 0.2) is 18.2 Å². The Kier molecular flexibility index (Phi) is 6.55. The molecule has 0 aliphatic rings. The van der Waals surface area contributed by atoms with Gasteiger partial charge in [0, 0.05) is 6.42 Å². The van der Waals surface area contributed by atoms with Gasteiger partial charge in [0.2, 0.25) is 0 Å². The highest BCUT2D eigenvalue weighted by molar-refractivity contribution is 7.39. The minimum Gasteiger partial charge on any atom is -0.388 e.